The summed E-state index contributed by atoms with van der Waals surface area (Å²) in [6, 6.07) is 0. The fourth-order valence-corrected chi connectivity index (χ4v) is 7.08. The molecule has 0 saturated heterocycles. The van der Waals surface area contributed by atoms with E-state index in [0.29, 0.717) is 19.3 Å². The Kier molecular flexibility index (Phi) is 50.5. The standard InChI is InChI=1S/C60H98O6/c1-4-7-10-13-16-19-22-24-26-28-30-32-33-35-38-41-44-47-50-53-59(62)65-56-57(55-64-58(61)52-49-46-43-40-37-21-18-15-12-9-6-3)66-60(63)54-51-48-45-42-39-36-34-31-29-27-25-23-20-17-14-11-8-5-2/h7,9-10,12,16,18-19,21,24,26,30,32,35,38,40,43-44,47,57H,4-6,8,11,13-15,17,20,22-23,25,27-29,31,33-34,36-37,39,41-42,45-46,48-56H2,1-3H3/b10-7-,12-9-,19-16-,21-18-,26-24-,32-30-,38-35-,43-40-,47-44-. The molecular weight excluding hydrogens is 817 g/mol. The lowest BCUT2D eigenvalue weighted by Gasteiger charge is -2.18. The quantitative estimate of drug-likeness (QED) is 0.0262. The van der Waals surface area contributed by atoms with Crippen molar-refractivity contribution in [3.8, 4) is 0 Å². The number of hydrogen-bond acceptors (Lipinski definition) is 6. The molecule has 0 aliphatic carbocycles. The zero-order valence-corrected chi connectivity index (χ0v) is 42.7. The van der Waals surface area contributed by atoms with Crippen molar-refractivity contribution in [3.05, 3.63) is 109 Å². The van der Waals surface area contributed by atoms with Gasteiger partial charge in [-0.05, 0) is 83.5 Å². The largest absolute Gasteiger partial charge is 0.462 e. The first-order valence-electron chi connectivity index (χ1n) is 26.9. The van der Waals surface area contributed by atoms with Crippen molar-refractivity contribution in [2.24, 2.45) is 0 Å². The van der Waals surface area contributed by atoms with E-state index in [9.17, 15) is 14.4 Å². The van der Waals surface area contributed by atoms with Crippen LogP contribution in [0.2, 0.25) is 0 Å². The summed E-state index contributed by atoms with van der Waals surface area (Å²) in [4.78, 5) is 38.0. The molecule has 0 radical (unpaired) electrons. The highest BCUT2D eigenvalue weighted by Crippen LogP contribution is 2.15. The van der Waals surface area contributed by atoms with Crippen LogP contribution in [0.1, 0.15) is 233 Å². The number of esters is 3. The topological polar surface area (TPSA) is 78.9 Å². The summed E-state index contributed by atoms with van der Waals surface area (Å²) in [5.41, 5.74) is 0. The van der Waals surface area contributed by atoms with Gasteiger partial charge in [-0.3, -0.25) is 14.4 Å². The van der Waals surface area contributed by atoms with Crippen LogP contribution in [0, 0.1) is 0 Å². The van der Waals surface area contributed by atoms with Crippen LogP contribution in [-0.2, 0) is 28.6 Å². The molecule has 0 bridgehead atoms. The minimum absolute atomic E-state index is 0.128. The molecule has 66 heavy (non-hydrogen) atoms. The van der Waals surface area contributed by atoms with Gasteiger partial charge in [0.1, 0.15) is 13.2 Å². The summed E-state index contributed by atoms with van der Waals surface area (Å²) in [7, 11) is 0. The molecule has 0 aromatic heterocycles. The first-order chi connectivity index (χ1) is 32.5. The highest BCUT2D eigenvalue weighted by molar-refractivity contribution is 5.71. The number of ether oxygens (including phenoxy) is 3. The minimum Gasteiger partial charge on any atom is -0.462 e. The van der Waals surface area contributed by atoms with E-state index in [1.54, 1.807) is 0 Å². The average molecular weight is 915 g/mol. The zero-order chi connectivity index (χ0) is 47.9. The van der Waals surface area contributed by atoms with Gasteiger partial charge < -0.3 is 14.2 Å². The fourth-order valence-electron chi connectivity index (χ4n) is 7.08. The van der Waals surface area contributed by atoms with Crippen molar-refractivity contribution in [2.45, 2.75) is 239 Å². The molecule has 0 aliphatic heterocycles. The van der Waals surface area contributed by atoms with Crippen LogP contribution < -0.4 is 0 Å². The second-order valence-corrected chi connectivity index (χ2v) is 17.4. The summed E-state index contributed by atoms with van der Waals surface area (Å²) in [5, 5.41) is 0. The summed E-state index contributed by atoms with van der Waals surface area (Å²) in [6.45, 7) is 6.29. The van der Waals surface area contributed by atoms with Crippen molar-refractivity contribution in [2.75, 3.05) is 13.2 Å². The molecule has 0 rings (SSSR count). The third-order valence-corrected chi connectivity index (χ3v) is 11.0. The van der Waals surface area contributed by atoms with Gasteiger partial charge in [0.05, 0.1) is 0 Å². The number of rotatable bonds is 47. The SMILES string of the molecule is CC/C=C\C/C=C\C/C=C\C/C=C\C/C=C\C/C=C\CCC(=O)OCC(COC(=O)CCC/C=C\C/C=C\C/C=C\CC)OC(=O)CCCCCCCCCCCCCCCCCCCC. The van der Waals surface area contributed by atoms with Crippen LogP contribution in [0.3, 0.4) is 0 Å². The van der Waals surface area contributed by atoms with Gasteiger partial charge in [-0.1, -0.05) is 239 Å². The molecule has 0 fully saturated rings. The predicted octanol–water partition coefficient (Wildman–Crippen LogP) is 17.9. The molecule has 1 unspecified atom stereocenters. The molecule has 0 saturated carbocycles. The van der Waals surface area contributed by atoms with E-state index in [0.717, 1.165) is 83.5 Å². The Bertz CT molecular complexity index is 1370. The van der Waals surface area contributed by atoms with E-state index in [1.807, 2.05) is 12.2 Å². The lowest BCUT2D eigenvalue weighted by molar-refractivity contribution is -0.166. The third kappa shape index (κ3) is 51.1. The van der Waals surface area contributed by atoms with Crippen LogP contribution in [0.5, 0.6) is 0 Å². The normalized spacial score (nSPS) is 13.0. The molecule has 0 aromatic rings. The summed E-state index contributed by atoms with van der Waals surface area (Å²) in [6.07, 6.45) is 72.5. The van der Waals surface area contributed by atoms with E-state index in [2.05, 4.69) is 118 Å². The number of hydrogen-bond donors (Lipinski definition) is 0. The molecule has 0 aromatic carbocycles. The third-order valence-electron chi connectivity index (χ3n) is 11.0. The van der Waals surface area contributed by atoms with Crippen LogP contribution >= 0.6 is 0 Å². The van der Waals surface area contributed by atoms with Gasteiger partial charge in [-0.2, -0.15) is 0 Å². The lowest BCUT2D eigenvalue weighted by Crippen LogP contribution is -2.30. The van der Waals surface area contributed by atoms with E-state index < -0.39 is 6.10 Å². The van der Waals surface area contributed by atoms with Crippen LogP contribution in [0.4, 0.5) is 0 Å². The van der Waals surface area contributed by atoms with E-state index >= 15 is 0 Å². The van der Waals surface area contributed by atoms with E-state index in [1.165, 1.54) is 96.3 Å². The number of allylic oxidation sites excluding steroid dienone is 18. The van der Waals surface area contributed by atoms with Crippen LogP contribution in [-0.4, -0.2) is 37.2 Å². The highest BCUT2D eigenvalue weighted by Gasteiger charge is 2.19. The van der Waals surface area contributed by atoms with Crippen molar-refractivity contribution >= 4 is 17.9 Å². The molecule has 374 valence electrons. The molecule has 6 heteroatoms. The van der Waals surface area contributed by atoms with Gasteiger partial charge in [0, 0.05) is 19.3 Å². The summed E-state index contributed by atoms with van der Waals surface area (Å²) < 4.78 is 16.7. The Hall–Kier alpha value is -3.93. The maximum absolute atomic E-state index is 12.8. The summed E-state index contributed by atoms with van der Waals surface area (Å²) in [5.74, 6) is -1.06. The Morgan fingerprint density at radius 3 is 1.00 bits per heavy atom. The molecule has 1 atom stereocenters. The zero-order valence-electron chi connectivity index (χ0n) is 42.7. The smallest absolute Gasteiger partial charge is 0.306 e. The van der Waals surface area contributed by atoms with Crippen molar-refractivity contribution in [1.82, 2.24) is 0 Å². The van der Waals surface area contributed by atoms with Gasteiger partial charge in [-0.15, -0.1) is 0 Å². The maximum Gasteiger partial charge on any atom is 0.306 e. The summed E-state index contributed by atoms with van der Waals surface area (Å²) >= 11 is 0. The lowest BCUT2D eigenvalue weighted by atomic mass is 10.0. The first-order valence-corrected chi connectivity index (χ1v) is 26.9. The van der Waals surface area contributed by atoms with Gasteiger partial charge in [0.25, 0.3) is 0 Å². The minimum atomic E-state index is -0.828. The van der Waals surface area contributed by atoms with Crippen LogP contribution in [0.15, 0.2) is 109 Å². The average Bonchev–Trinajstić information content (AvgIpc) is 3.31. The van der Waals surface area contributed by atoms with E-state index in [-0.39, 0.29) is 44.0 Å². The molecule has 0 heterocycles. The predicted molar refractivity (Wildman–Crippen MR) is 283 cm³/mol. The molecule has 0 spiro atoms. The number of carbonyl (C=O) groups is 3. The number of unbranched alkanes of at least 4 members (excludes halogenated alkanes) is 18. The molecular formula is C60H98O6. The maximum atomic E-state index is 12.8. The molecule has 0 N–H and O–H groups in total. The highest BCUT2D eigenvalue weighted by atomic mass is 16.6. The molecule has 6 nitrogen and oxygen atoms in total. The Morgan fingerprint density at radius 2 is 0.621 bits per heavy atom. The van der Waals surface area contributed by atoms with Crippen molar-refractivity contribution in [3.63, 3.8) is 0 Å². The first kappa shape index (κ1) is 62.1. The van der Waals surface area contributed by atoms with Gasteiger partial charge >= 0.3 is 17.9 Å². The van der Waals surface area contributed by atoms with Crippen molar-refractivity contribution < 1.29 is 28.6 Å². The molecule has 0 aliphatic rings. The van der Waals surface area contributed by atoms with Crippen LogP contribution in [0.25, 0.3) is 0 Å². The fraction of sp³-hybridized carbons (Fsp3) is 0.650. The van der Waals surface area contributed by atoms with Gasteiger partial charge in [0.15, 0.2) is 6.10 Å². The monoisotopic (exact) mass is 915 g/mol. The Labute approximate surface area is 406 Å². The van der Waals surface area contributed by atoms with Gasteiger partial charge in [-0.25, -0.2) is 0 Å². The number of carbonyl (C=O) groups excluding carboxylic acids is 3. The second kappa shape index (κ2) is 53.7. The second-order valence-electron chi connectivity index (χ2n) is 17.4. The Morgan fingerprint density at radius 1 is 0.318 bits per heavy atom. The van der Waals surface area contributed by atoms with Gasteiger partial charge in [0.2, 0.25) is 0 Å². The Balaban J connectivity index is 4.49. The van der Waals surface area contributed by atoms with Crippen molar-refractivity contribution in [1.29, 1.82) is 0 Å². The van der Waals surface area contributed by atoms with E-state index in [4.69, 9.17) is 14.2 Å². The molecule has 0 amide bonds.